The number of nitrogens with zero attached hydrogens (tertiary/aromatic N) is 3. The van der Waals surface area contributed by atoms with Crippen molar-refractivity contribution in [1.29, 1.82) is 0 Å². The van der Waals surface area contributed by atoms with Gasteiger partial charge in [0.2, 0.25) is 5.91 Å². The largest absolute Gasteiger partial charge is 0.382 e. The van der Waals surface area contributed by atoms with Gasteiger partial charge in [-0.2, -0.15) is 0 Å². The van der Waals surface area contributed by atoms with Crippen molar-refractivity contribution in [3.63, 3.8) is 0 Å². The molecule has 1 amide bonds. The smallest absolute Gasteiger partial charge is 0.248 e. The summed E-state index contributed by atoms with van der Waals surface area (Å²) in [5.41, 5.74) is 2.29. The van der Waals surface area contributed by atoms with Gasteiger partial charge in [0, 0.05) is 44.9 Å². The number of anilines is 1. The number of amides is 1. The summed E-state index contributed by atoms with van der Waals surface area (Å²) in [7, 11) is 1.68. The zero-order chi connectivity index (χ0) is 20.5. The summed E-state index contributed by atoms with van der Waals surface area (Å²) in [6.45, 7) is 7.61. The standard InChI is InChI=1S/C22H34N4O3/c1-3-23-22(25-12-10-18(16-25)17-29-14-13-28-2)24-15-21(27)26-11-6-8-19-7-4-5-9-20(19)26/h4-5,7,9,18H,3,6,8,10-17H2,1-2H3,(H,23,24). The molecule has 1 aromatic rings. The van der Waals surface area contributed by atoms with Crippen molar-refractivity contribution >= 4 is 17.6 Å². The molecule has 1 unspecified atom stereocenters. The van der Waals surface area contributed by atoms with E-state index in [-0.39, 0.29) is 12.5 Å². The lowest BCUT2D eigenvalue weighted by atomic mass is 10.0. The van der Waals surface area contributed by atoms with E-state index in [2.05, 4.69) is 28.2 Å². The van der Waals surface area contributed by atoms with Gasteiger partial charge >= 0.3 is 0 Å². The molecule has 0 bridgehead atoms. The van der Waals surface area contributed by atoms with Gasteiger partial charge in [-0.05, 0) is 37.8 Å². The molecule has 29 heavy (non-hydrogen) atoms. The fourth-order valence-corrected chi connectivity index (χ4v) is 4.00. The van der Waals surface area contributed by atoms with Crippen LogP contribution in [0.4, 0.5) is 5.69 Å². The maximum Gasteiger partial charge on any atom is 0.248 e. The average molecular weight is 403 g/mol. The molecule has 7 heteroatoms. The Kier molecular flexibility index (Phi) is 8.31. The molecule has 0 radical (unpaired) electrons. The van der Waals surface area contributed by atoms with E-state index < -0.39 is 0 Å². The summed E-state index contributed by atoms with van der Waals surface area (Å²) >= 11 is 0. The number of guanidine groups is 1. The Morgan fingerprint density at radius 3 is 2.97 bits per heavy atom. The molecule has 2 aliphatic rings. The first kappa shape index (κ1) is 21.6. The zero-order valence-corrected chi connectivity index (χ0v) is 17.7. The van der Waals surface area contributed by atoms with Gasteiger partial charge < -0.3 is 24.6 Å². The molecule has 1 saturated heterocycles. The van der Waals surface area contributed by atoms with Crippen LogP contribution < -0.4 is 10.2 Å². The third kappa shape index (κ3) is 5.93. The fraction of sp³-hybridized carbons (Fsp3) is 0.636. The number of nitrogens with one attached hydrogen (secondary N) is 1. The first-order valence-corrected chi connectivity index (χ1v) is 10.7. The van der Waals surface area contributed by atoms with E-state index in [9.17, 15) is 4.79 Å². The van der Waals surface area contributed by atoms with Crippen LogP contribution in [0.15, 0.2) is 29.3 Å². The highest BCUT2D eigenvalue weighted by atomic mass is 16.5. The lowest BCUT2D eigenvalue weighted by Crippen LogP contribution is -2.42. The number of carbonyl (C=O) groups is 1. The Morgan fingerprint density at radius 2 is 2.14 bits per heavy atom. The van der Waals surface area contributed by atoms with Crippen LogP contribution in [0.25, 0.3) is 0 Å². The highest BCUT2D eigenvalue weighted by Gasteiger charge is 2.26. The minimum atomic E-state index is 0.0613. The van der Waals surface area contributed by atoms with Crippen LogP contribution in [0.3, 0.4) is 0 Å². The van der Waals surface area contributed by atoms with Gasteiger partial charge in [0.1, 0.15) is 6.54 Å². The molecule has 0 aliphatic carbocycles. The quantitative estimate of drug-likeness (QED) is 0.409. The predicted octanol–water partition coefficient (Wildman–Crippen LogP) is 1.92. The number of hydrogen-bond acceptors (Lipinski definition) is 4. The fourth-order valence-electron chi connectivity index (χ4n) is 4.00. The highest BCUT2D eigenvalue weighted by molar-refractivity contribution is 5.97. The predicted molar refractivity (Wildman–Crippen MR) is 115 cm³/mol. The third-order valence-corrected chi connectivity index (χ3v) is 5.48. The van der Waals surface area contributed by atoms with E-state index in [0.29, 0.717) is 19.1 Å². The first-order chi connectivity index (χ1) is 14.2. The molecule has 3 rings (SSSR count). The second-order valence-corrected chi connectivity index (χ2v) is 7.62. The Balaban J connectivity index is 1.56. The summed E-state index contributed by atoms with van der Waals surface area (Å²) in [4.78, 5) is 21.7. The second kappa shape index (κ2) is 11.2. The molecule has 0 spiro atoms. The van der Waals surface area contributed by atoms with E-state index in [1.54, 1.807) is 7.11 Å². The van der Waals surface area contributed by atoms with Crippen molar-refractivity contribution in [3.05, 3.63) is 29.8 Å². The van der Waals surface area contributed by atoms with Gasteiger partial charge in [-0.25, -0.2) is 4.99 Å². The van der Waals surface area contributed by atoms with Crippen LogP contribution in [0.1, 0.15) is 25.3 Å². The maximum absolute atomic E-state index is 12.9. The molecule has 1 fully saturated rings. The van der Waals surface area contributed by atoms with Crippen LogP contribution in [0.2, 0.25) is 0 Å². The number of aliphatic imine (C=N–C) groups is 1. The number of rotatable bonds is 8. The van der Waals surface area contributed by atoms with E-state index in [1.165, 1.54) is 5.56 Å². The molecule has 0 aromatic heterocycles. The van der Waals surface area contributed by atoms with Crippen LogP contribution in [-0.2, 0) is 20.7 Å². The maximum atomic E-state index is 12.9. The number of ether oxygens (including phenoxy) is 2. The number of likely N-dealkylation sites (tertiary alicyclic amines) is 1. The Labute approximate surface area is 174 Å². The van der Waals surface area contributed by atoms with Crippen LogP contribution in [0.5, 0.6) is 0 Å². The number of carbonyl (C=O) groups excluding carboxylic acids is 1. The Morgan fingerprint density at radius 1 is 1.28 bits per heavy atom. The van der Waals surface area contributed by atoms with E-state index >= 15 is 0 Å². The first-order valence-electron chi connectivity index (χ1n) is 10.7. The summed E-state index contributed by atoms with van der Waals surface area (Å²) < 4.78 is 10.7. The minimum Gasteiger partial charge on any atom is -0.382 e. The van der Waals surface area contributed by atoms with Crippen molar-refractivity contribution in [2.75, 3.05) is 64.6 Å². The van der Waals surface area contributed by atoms with Crippen molar-refractivity contribution in [1.82, 2.24) is 10.2 Å². The van der Waals surface area contributed by atoms with Gasteiger partial charge in [0.15, 0.2) is 5.96 Å². The molecular formula is C22H34N4O3. The third-order valence-electron chi connectivity index (χ3n) is 5.48. The number of para-hydroxylation sites is 1. The van der Waals surface area contributed by atoms with Crippen LogP contribution >= 0.6 is 0 Å². The summed E-state index contributed by atoms with van der Waals surface area (Å²) in [5, 5.41) is 3.34. The normalized spacial score (nSPS) is 19.4. The number of hydrogen-bond donors (Lipinski definition) is 1. The lowest BCUT2D eigenvalue weighted by molar-refractivity contribution is -0.117. The van der Waals surface area contributed by atoms with Gasteiger partial charge in [0.25, 0.3) is 0 Å². The number of methoxy groups -OCH3 is 1. The molecule has 160 valence electrons. The topological polar surface area (TPSA) is 66.4 Å². The summed E-state index contributed by atoms with van der Waals surface area (Å²) in [6, 6.07) is 8.19. The van der Waals surface area contributed by atoms with E-state index in [1.807, 2.05) is 23.1 Å². The van der Waals surface area contributed by atoms with Crippen LogP contribution in [-0.4, -0.2) is 76.4 Å². The average Bonchev–Trinajstić information content (AvgIpc) is 3.22. The highest BCUT2D eigenvalue weighted by Crippen LogP contribution is 2.26. The Bertz CT molecular complexity index is 694. The van der Waals surface area contributed by atoms with Gasteiger partial charge in [0.05, 0.1) is 19.8 Å². The van der Waals surface area contributed by atoms with Crippen molar-refractivity contribution in [2.24, 2.45) is 10.9 Å². The second-order valence-electron chi connectivity index (χ2n) is 7.62. The molecule has 7 nitrogen and oxygen atoms in total. The molecule has 2 heterocycles. The van der Waals surface area contributed by atoms with E-state index in [4.69, 9.17) is 9.47 Å². The van der Waals surface area contributed by atoms with Gasteiger partial charge in [-0.15, -0.1) is 0 Å². The number of benzene rings is 1. The van der Waals surface area contributed by atoms with Crippen molar-refractivity contribution < 1.29 is 14.3 Å². The van der Waals surface area contributed by atoms with Crippen molar-refractivity contribution in [3.8, 4) is 0 Å². The molecule has 2 aliphatic heterocycles. The number of fused-ring (bicyclic) bond motifs is 1. The Hall–Kier alpha value is -2.12. The molecular weight excluding hydrogens is 368 g/mol. The van der Waals surface area contributed by atoms with E-state index in [0.717, 1.165) is 63.7 Å². The molecule has 1 atom stereocenters. The summed E-state index contributed by atoms with van der Waals surface area (Å²) in [6.07, 6.45) is 3.11. The molecule has 0 saturated carbocycles. The van der Waals surface area contributed by atoms with Gasteiger partial charge in [-0.1, -0.05) is 18.2 Å². The van der Waals surface area contributed by atoms with Gasteiger partial charge in [-0.3, -0.25) is 4.79 Å². The van der Waals surface area contributed by atoms with Crippen molar-refractivity contribution in [2.45, 2.75) is 26.2 Å². The SMILES string of the molecule is CCNC(=NCC(=O)N1CCCc2ccccc21)N1CCC(COCCOC)C1. The lowest BCUT2D eigenvalue weighted by Gasteiger charge is -2.29. The minimum absolute atomic E-state index is 0.0613. The zero-order valence-electron chi connectivity index (χ0n) is 17.7. The monoisotopic (exact) mass is 402 g/mol. The van der Waals surface area contributed by atoms with Crippen LogP contribution in [0, 0.1) is 5.92 Å². The summed E-state index contributed by atoms with van der Waals surface area (Å²) in [5.74, 6) is 1.37. The molecule has 1 N–H and O–H groups in total. The number of aryl methyl sites for hydroxylation is 1. The molecule has 1 aromatic carbocycles.